The SMILES string of the molecule is c1cc(C(CCC2CCCCC2)c2cc[nH]c2)c[nH]1. The molecule has 19 heavy (non-hydrogen) atoms. The zero-order valence-corrected chi connectivity index (χ0v) is 11.6. The molecule has 1 fully saturated rings. The molecule has 1 saturated carbocycles. The first-order valence-corrected chi connectivity index (χ1v) is 7.69. The molecule has 0 atom stereocenters. The summed E-state index contributed by atoms with van der Waals surface area (Å²) in [6.07, 6.45) is 18.3. The maximum absolute atomic E-state index is 3.20. The van der Waals surface area contributed by atoms with Crippen molar-refractivity contribution in [3.05, 3.63) is 48.0 Å². The molecule has 0 saturated heterocycles. The van der Waals surface area contributed by atoms with E-state index in [1.807, 2.05) is 12.4 Å². The normalized spacial score (nSPS) is 17.1. The third-order valence-electron chi connectivity index (χ3n) is 4.64. The van der Waals surface area contributed by atoms with Crippen LogP contribution in [0.25, 0.3) is 0 Å². The first kappa shape index (κ1) is 12.6. The van der Waals surface area contributed by atoms with Crippen LogP contribution in [0.1, 0.15) is 62.0 Å². The molecule has 2 heterocycles. The molecule has 0 bridgehead atoms. The molecule has 0 amide bonds. The molecular formula is C17H24N2. The van der Waals surface area contributed by atoms with E-state index in [4.69, 9.17) is 0 Å². The average molecular weight is 256 g/mol. The van der Waals surface area contributed by atoms with Crippen molar-refractivity contribution in [2.45, 2.75) is 50.9 Å². The van der Waals surface area contributed by atoms with E-state index in [0.717, 1.165) is 5.92 Å². The van der Waals surface area contributed by atoms with Gasteiger partial charge in [0.25, 0.3) is 0 Å². The number of aromatic amines is 2. The van der Waals surface area contributed by atoms with Crippen LogP contribution in [-0.4, -0.2) is 9.97 Å². The lowest BCUT2D eigenvalue weighted by atomic mass is 9.82. The Bertz CT molecular complexity index is 415. The zero-order valence-electron chi connectivity index (χ0n) is 11.6. The molecular weight excluding hydrogens is 232 g/mol. The Morgan fingerprint density at radius 3 is 2.11 bits per heavy atom. The summed E-state index contributed by atoms with van der Waals surface area (Å²) >= 11 is 0. The molecule has 2 aromatic rings. The first-order chi connectivity index (χ1) is 9.43. The van der Waals surface area contributed by atoms with E-state index in [-0.39, 0.29) is 0 Å². The Morgan fingerprint density at radius 1 is 0.947 bits per heavy atom. The van der Waals surface area contributed by atoms with Gasteiger partial charge in [-0.3, -0.25) is 0 Å². The average Bonchev–Trinajstić information content (AvgIpc) is 3.13. The van der Waals surface area contributed by atoms with Crippen molar-refractivity contribution in [2.24, 2.45) is 5.92 Å². The first-order valence-electron chi connectivity index (χ1n) is 7.69. The number of aromatic nitrogens is 2. The fourth-order valence-electron chi connectivity index (χ4n) is 3.51. The van der Waals surface area contributed by atoms with Gasteiger partial charge in [0.15, 0.2) is 0 Å². The van der Waals surface area contributed by atoms with E-state index >= 15 is 0 Å². The molecule has 3 rings (SSSR count). The zero-order chi connectivity index (χ0) is 12.9. The van der Waals surface area contributed by atoms with Crippen molar-refractivity contribution < 1.29 is 0 Å². The molecule has 102 valence electrons. The Hall–Kier alpha value is -1.44. The lowest BCUT2D eigenvalue weighted by molar-refractivity contribution is 0.328. The summed E-state index contributed by atoms with van der Waals surface area (Å²) < 4.78 is 0. The van der Waals surface area contributed by atoms with Gasteiger partial charge in [-0.1, -0.05) is 32.1 Å². The van der Waals surface area contributed by atoms with Gasteiger partial charge in [-0.15, -0.1) is 0 Å². The maximum atomic E-state index is 3.20. The van der Waals surface area contributed by atoms with Crippen molar-refractivity contribution in [1.82, 2.24) is 9.97 Å². The third kappa shape index (κ3) is 3.12. The number of H-pyrrole nitrogens is 2. The molecule has 2 heteroatoms. The van der Waals surface area contributed by atoms with Crippen LogP contribution in [0.4, 0.5) is 0 Å². The largest absolute Gasteiger partial charge is 0.367 e. The van der Waals surface area contributed by atoms with Crippen LogP contribution in [0.3, 0.4) is 0 Å². The minimum absolute atomic E-state index is 0.555. The van der Waals surface area contributed by atoms with Gasteiger partial charge in [-0.05, 0) is 42.0 Å². The highest BCUT2D eigenvalue weighted by Crippen LogP contribution is 2.34. The molecule has 1 aliphatic carbocycles. The predicted octanol–water partition coefficient (Wildman–Crippen LogP) is 4.84. The van der Waals surface area contributed by atoms with E-state index in [0.29, 0.717) is 5.92 Å². The number of hydrogen-bond acceptors (Lipinski definition) is 0. The van der Waals surface area contributed by atoms with E-state index in [1.54, 1.807) is 0 Å². The second kappa shape index (κ2) is 6.14. The van der Waals surface area contributed by atoms with E-state index in [1.165, 1.54) is 56.1 Å². The predicted molar refractivity (Wildman–Crippen MR) is 79.2 cm³/mol. The molecule has 0 radical (unpaired) electrons. The highest BCUT2D eigenvalue weighted by molar-refractivity contribution is 5.29. The van der Waals surface area contributed by atoms with E-state index < -0.39 is 0 Å². The topological polar surface area (TPSA) is 31.6 Å². The van der Waals surface area contributed by atoms with Crippen LogP contribution in [-0.2, 0) is 0 Å². The van der Waals surface area contributed by atoms with Gasteiger partial charge in [0.1, 0.15) is 0 Å². The summed E-state index contributed by atoms with van der Waals surface area (Å²) in [5.41, 5.74) is 2.85. The monoisotopic (exact) mass is 256 g/mol. The van der Waals surface area contributed by atoms with Crippen molar-refractivity contribution in [1.29, 1.82) is 0 Å². The second-order valence-electron chi connectivity index (χ2n) is 5.92. The van der Waals surface area contributed by atoms with Gasteiger partial charge in [0.2, 0.25) is 0 Å². The van der Waals surface area contributed by atoms with E-state index in [2.05, 4.69) is 34.5 Å². The highest BCUT2D eigenvalue weighted by atomic mass is 14.6. The highest BCUT2D eigenvalue weighted by Gasteiger charge is 2.19. The van der Waals surface area contributed by atoms with Crippen molar-refractivity contribution in [3.63, 3.8) is 0 Å². The summed E-state index contributed by atoms with van der Waals surface area (Å²) in [5, 5.41) is 0. The van der Waals surface area contributed by atoms with Gasteiger partial charge >= 0.3 is 0 Å². The molecule has 1 aliphatic rings. The minimum atomic E-state index is 0.555. The third-order valence-corrected chi connectivity index (χ3v) is 4.64. The quantitative estimate of drug-likeness (QED) is 0.767. The smallest absolute Gasteiger partial charge is 0.0119 e. The Kier molecular flexibility index (Phi) is 4.07. The number of nitrogens with one attached hydrogen (secondary N) is 2. The van der Waals surface area contributed by atoms with Crippen LogP contribution in [0, 0.1) is 5.92 Å². The second-order valence-corrected chi connectivity index (χ2v) is 5.92. The fraction of sp³-hybridized carbons (Fsp3) is 0.529. The van der Waals surface area contributed by atoms with Crippen LogP contribution in [0.2, 0.25) is 0 Å². The molecule has 2 N–H and O–H groups in total. The summed E-state index contributed by atoms with van der Waals surface area (Å²) in [7, 11) is 0. The number of rotatable bonds is 5. The molecule has 2 aromatic heterocycles. The molecule has 0 spiro atoms. The van der Waals surface area contributed by atoms with Crippen LogP contribution >= 0.6 is 0 Å². The number of hydrogen-bond donors (Lipinski definition) is 2. The minimum Gasteiger partial charge on any atom is -0.367 e. The molecule has 2 nitrogen and oxygen atoms in total. The summed E-state index contributed by atoms with van der Waals surface area (Å²) in [6.45, 7) is 0. The fourth-order valence-corrected chi connectivity index (χ4v) is 3.51. The lowest BCUT2D eigenvalue weighted by Crippen LogP contribution is -2.09. The van der Waals surface area contributed by atoms with Gasteiger partial charge in [0.05, 0.1) is 0 Å². The molecule has 0 aliphatic heterocycles. The van der Waals surface area contributed by atoms with Crippen molar-refractivity contribution in [3.8, 4) is 0 Å². The van der Waals surface area contributed by atoms with Gasteiger partial charge in [-0.2, -0.15) is 0 Å². The van der Waals surface area contributed by atoms with Gasteiger partial charge < -0.3 is 9.97 Å². The van der Waals surface area contributed by atoms with Gasteiger partial charge in [0, 0.05) is 30.7 Å². The Balaban J connectivity index is 1.66. The molecule has 0 unspecified atom stereocenters. The van der Waals surface area contributed by atoms with E-state index in [9.17, 15) is 0 Å². The lowest BCUT2D eigenvalue weighted by Gasteiger charge is -2.24. The maximum Gasteiger partial charge on any atom is 0.0119 e. The Labute approximate surface area is 115 Å². The van der Waals surface area contributed by atoms with Crippen LogP contribution in [0.5, 0.6) is 0 Å². The van der Waals surface area contributed by atoms with Crippen LogP contribution in [0.15, 0.2) is 36.9 Å². The van der Waals surface area contributed by atoms with Crippen molar-refractivity contribution in [2.75, 3.05) is 0 Å². The Morgan fingerprint density at radius 2 is 1.58 bits per heavy atom. The van der Waals surface area contributed by atoms with Crippen LogP contribution < -0.4 is 0 Å². The molecule has 0 aromatic carbocycles. The standard InChI is InChI=1S/C17H24N2/c1-2-4-14(5-3-1)6-7-17(15-8-10-18-12-15)16-9-11-19-13-16/h8-14,17-19H,1-7H2. The summed E-state index contributed by atoms with van der Waals surface area (Å²) in [6, 6.07) is 4.44. The van der Waals surface area contributed by atoms with Gasteiger partial charge in [-0.25, -0.2) is 0 Å². The van der Waals surface area contributed by atoms with Crippen molar-refractivity contribution >= 4 is 0 Å². The summed E-state index contributed by atoms with van der Waals surface area (Å²) in [5.74, 6) is 1.52. The summed E-state index contributed by atoms with van der Waals surface area (Å²) in [4.78, 5) is 6.40.